The maximum absolute atomic E-state index is 12.2. The minimum Gasteiger partial charge on any atom is -0.508 e. The monoisotopic (exact) mass is 320 g/mol. The molecule has 3 aromatic rings. The first-order valence-electron chi connectivity index (χ1n) is 7.65. The van der Waals surface area contributed by atoms with E-state index in [9.17, 15) is 9.90 Å². The van der Waals surface area contributed by atoms with Crippen molar-refractivity contribution in [3.8, 4) is 11.4 Å². The molecule has 0 fully saturated rings. The van der Waals surface area contributed by atoms with Gasteiger partial charge in [0.2, 0.25) is 0 Å². The average Bonchev–Trinajstić information content (AvgIpc) is 2.92. The van der Waals surface area contributed by atoms with E-state index < -0.39 is 0 Å². The van der Waals surface area contributed by atoms with E-state index in [0.717, 1.165) is 22.5 Å². The van der Waals surface area contributed by atoms with Crippen LogP contribution in [0.25, 0.3) is 5.69 Å². The number of hydrogen-bond acceptors (Lipinski definition) is 3. The fourth-order valence-electron chi connectivity index (χ4n) is 3.02. The van der Waals surface area contributed by atoms with E-state index in [1.165, 1.54) is 0 Å². The molecular formula is C18H16N4O2. The van der Waals surface area contributed by atoms with Gasteiger partial charge in [-0.25, -0.2) is 9.48 Å². The fourth-order valence-corrected chi connectivity index (χ4v) is 3.02. The molecule has 6 heteroatoms. The van der Waals surface area contributed by atoms with Crippen LogP contribution in [-0.4, -0.2) is 20.9 Å². The van der Waals surface area contributed by atoms with Crippen molar-refractivity contribution in [3.05, 3.63) is 71.4 Å². The van der Waals surface area contributed by atoms with Crippen LogP contribution in [0, 0.1) is 6.92 Å². The van der Waals surface area contributed by atoms with Crippen molar-refractivity contribution >= 4 is 11.8 Å². The second kappa shape index (κ2) is 5.42. The number of para-hydroxylation sites is 1. The van der Waals surface area contributed by atoms with Gasteiger partial charge in [-0.2, -0.15) is 5.10 Å². The molecular weight excluding hydrogens is 304 g/mol. The summed E-state index contributed by atoms with van der Waals surface area (Å²) in [4.78, 5) is 12.2. The number of nitrogens with one attached hydrogen (secondary N) is 2. The van der Waals surface area contributed by atoms with Crippen LogP contribution in [0.15, 0.2) is 54.6 Å². The van der Waals surface area contributed by atoms with Crippen LogP contribution in [0.1, 0.15) is 22.9 Å². The molecule has 0 radical (unpaired) electrons. The van der Waals surface area contributed by atoms with E-state index in [1.54, 1.807) is 28.9 Å². The topological polar surface area (TPSA) is 79.2 Å². The Morgan fingerprint density at radius 3 is 2.50 bits per heavy atom. The highest BCUT2D eigenvalue weighted by Crippen LogP contribution is 2.36. The molecule has 0 spiro atoms. The third-order valence-corrected chi connectivity index (χ3v) is 4.13. The summed E-state index contributed by atoms with van der Waals surface area (Å²) in [5.74, 6) is 0.858. The average molecular weight is 320 g/mol. The van der Waals surface area contributed by atoms with Gasteiger partial charge in [0, 0.05) is 5.56 Å². The number of urea groups is 1. The minimum absolute atomic E-state index is 0.191. The first-order valence-corrected chi connectivity index (χ1v) is 7.65. The van der Waals surface area contributed by atoms with Crippen molar-refractivity contribution in [1.82, 2.24) is 15.1 Å². The lowest BCUT2D eigenvalue weighted by molar-refractivity contribution is 0.249. The Labute approximate surface area is 138 Å². The van der Waals surface area contributed by atoms with E-state index >= 15 is 0 Å². The van der Waals surface area contributed by atoms with Crippen molar-refractivity contribution in [2.45, 2.75) is 13.0 Å². The summed E-state index contributed by atoms with van der Waals surface area (Å²) in [7, 11) is 0. The van der Waals surface area contributed by atoms with E-state index in [-0.39, 0.29) is 17.8 Å². The maximum Gasteiger partial charge on any atom is 0.321 e. The van der Waals surface area contributed by atoms with Crippen LogP contribution in [-0.2, 0) is 0 Å². The highest BCUT2D eigenvalue weighted by atomic mass is 16.3. The second-order valence-electron chi connectivity index (χ2n) is 5.72. The summed E-state index contributed by atoms with van der Waals surface area (Å²) < 4.78 is 1.75. The number of rotatable bonds is 2. The van der Waals surface area contributed by atoms with Gasteiger partial charge < -0.3 is 10.4 Å². The molecule has 6 nitrogen and oxygen atoms in total. The molecule has 1 aromatic heterocycles. The van der Waals surface area contributed by atoms with Gasteiger partial charge in [-0.1, -0.05) is 30.3 Å². The fraction of sp³-hybridized carbons (Fsp3) is 0.111. The lowest BCUT2D eigenvalue weighted by Crippen LogP contribution is -2.38. The molecule has 0 saturated heterocycles. The smallest absolute Gasteiger partial charge is 0.321 e. The van der Waals surface area contributed by atoms with Crippen molar-refractivity contribution < 1.29 is 9.90 Å². The largest absolute Gasteiger partial charge is 0.508 e. The number of aromatic nitrogens is 2. The number of carbonyl (C=O) groups is 1. The quantitative estimate of drug-likeness (QED) is 0.679. The molecule has 4 rings (SSSR count). The zero-order chi connectivity index (χ0) is 16.7. The summed E-state index contributed by atoms with van der Waals surface area (Å²) in [6.07, 6.45) is 0. The van der Waals surface area contributed by atoms with E-state index in [1.807, 2.05) is 37.3 Å². The van der Waals surface area contributed by atoms with Gasteiger partial charge in [0.15, 0.2) is 0 Å². The summed E-state index contributed by atoms with van der Waals surface area (Å²) in [6.45, 7) is 1.92. The number of aryl methyl sites for hydroxylation is 1. The van der Waals surface area contributed by atoms with Gasteiger partial charge in [0.05, 0.1) is 17.4 Å². The van der Waals surface area contributed by atoms with Gasteiger partial charge in [-0.3, -0.25) is 5.32 Å². The van der Waals surface area contributed by atoms with Crippen LogP contribution in [0.3, 0.4) is 0 Å². The predicted molar refractivity (Wildman–Crippen MR) is 90.4 cm³/mol. The number of benzene rings is 2. The standard InChI is InChI=1S/C18H16N4O2/c1-11-15-16(12-7-9-14(23)10-8-12)19-18(24)20-17(15)22(21-11)13-5-3-2-4-6-13/h2-10,16,23H,1H3,(H2,19,20,24). The molecule has 3 N–H and O–H groups in total. The van der Waals surface area contributed by atoms with Crippen LogP contribution in [0.4, 0.5) is 10.6 Å². The molecule has 120 valence electrons. The van der Waals surface area contributed by atoms with Crippen LogP contribution < -0.4 is 10.6 Å². The Morgan fingerprint density at radius 1 is 1.08 bits per heavy atom. The number of amides is 2. The summed E-state index contributed by atoms with van der Waals surface area (Å²) >= 11 is 0. The zero-order valence-corrected chi connectivity index (χ0v) is 13.0. The highest BCUT2D eigenvalue weighted by Gasteiger charge is 2.31. The van der Waals surface area contributed by atoms with Gasteiger partial charge in [0.1, 0.15) is 11.6 Å². The first-order chi connectivity index (χ1) is 11.6. The Balaban J connectivity index is 1.87. The Morgan fingerprint density at radius 2 is 1.79 bits per heavy atom. The van der Waals surface area contributed by atoms with Crippen LogP contribution >= 0.6 is 0 Å². The normalized spacial score (nSPS) is 16.2. The van der Waals surface area contributed by atoms with Crippen molar-refractivity contribution in [1.29, 1.82) is 0 Å². The molecule has 2 heterocycles. The molecule has 0 aliphatic carbocycles. The first kappa shape index (κ1) is 14.3. The molecule has 0 bridgehead atoms. The SMILES string of the molecule is Cc1nn(-c2ccccc2)c2c1C(c1ccc(O)cc1)NC(=O)N2. The molecule has 2 amide bonds. The van der Waals surface area contributed by atoms with Crippen molar-refractivity contribution in [2.24, 2.45) is 0 Å². The summed E-state index contributed by atoms with van der Waals surface area (Å²) in [6, 6.07) is 15.9. The highest BCUT2D eigenvalue weighted by molar-refractivity contribution is 5.93. The molecule has 2 aromatic carbocycles. The van der Waals surface area contributed by atoms with E-state index in [4.69, 9.17) is 0 Å². The number of anilines is 1. The number of fused-ring (bicyclic) bond motifs is 1. The van der Waals surface area contributed by atoms with Crippen molar-refractivity contribution in [3.63, 3.8) is 0 Å². The minimum atomic E-state index is -0.313. The molecule has 1 atom stereocenters. The predicted octanol–water partition coefficient (Wildman–Crippen LogP) is 3.11. The number of nitrogens with zero attached hydrogens (tertiary/aromatic N) is 2. The number of carbonyl (C=O) groups excluding carboxylic acids is 1. The van der Waals surface area contributed by atoms with E-state index in [2.05, 4.69) is 15.7 Å². The van der Waals surface area contributed by atoms with Gasteiger partial charge in [0.25, 0.3) is 0 Å². The second-order valence-corrected chi connectivity index (χ2v) is 5.72. The molecule has 0 saturated carbocycles. The van der Waals surface area contributed by atoms with Gasteiger partial charge in [-0.05, 0) is 36.8 Å². The van der Waals surface area contributed by atoms with Crippen molar-refractivity contribution in [2.75, 3.05) is 5.32 Å². The van der Waals surface area contributed by atoms with Gasteiger partial charge in [-0.15, -0.1) is 0 Å². The Hall–Kier alpha value is -3.28. The molecule has 1 aliphatic rings. The molecule has 1 aliphatic heterocycles. The number of hydrogen-bond donors (Lipinski definition) is 3. The number of phenolic OH excluding ortho intramolecular Hbond substituents is 1. The Bertz CT molecular complexity index is 901. The third-order valence-electron chi connectivity index (χ3n) is 4.13. The molecule has 1 unspecified atom stereocenters. The summed E-state index contributed by atoms with van der Waals surface area (Å²) in [5, 5.41) is 19.9. The number of aromatic hydroxyl groups is 1. The zero-order valence-electron chi connectivity index (χ0n) is 13.0. The van der Waals surface area contributed by atoms with E-state index in [0.29, 0.717) is 5.82 Å². The third kappa shape index (κ3) is 2.28. The summed E-state index contributed by atoms with van der Waals surface area (Å²) in [5.41, 5.74) is 3.52. The van der Waals surface area contributed by atoms with Crippen LogP contribution in [0.5, 0.6) is 5.75 Å². The molecule has 24 heavy (non-hydrogen) atoms. The van der Waals surface area contributed by atoms with Gasteiger partial charge >= 0.3 is 6.03 Å². The lowest BCUT2D eigenvalue weighted by atomic mass is 9.97. The Kier molecular flexibility index (Phi) is 3.23. The number of phenols is 1. The lowest BCUT2D eigenvalue weighted by Gasteiger charge is -2.26. The maximum atomic E-state index is 12.2. The van der Waals surface area contributed by atoms with Crippen LogP contribution in [0.2, 0.25) is 0 Å².